The van der Waals surface area contributed by atoms with E-state index < -0.39 is 0 Å². The molecule has 2 heterocycles. The summed E-state index contributed by atoms with van der Waals surface area (Å²) in [6.45, 7) is 8.94. The number of aromatic nitrogens is 1. The van der Waals surface area contributed by atoms with E-state index in [4.69, 9.17) is 14.5 Å². The van der Waals surface area contributed by atoms with Crippen LogP contribution >= 0.6 is 0 Å². The van der Waals surface area contributed by atoms with Gasteiger partial charge in [-0.3, -0.25) is 4.98 Å². The van der Waals surface area contributed by atoms with Crippen molar-refractivity contribution in [3.8, 4) is 5.75 Å². The van der Waals surface area contributed by atoms with Crippen LogP contribution in [-0.2, 0) is 11.2 Å². The molecule has 118 valence electrons. The van der Waals surface area contributed by atoms with Gasteiger partial charge in [0, 0.05) is 35.9 Å². The average molecular weight is 300 g/mol. The van der Waals surface area contributed by atoms with Crippen molar-refractivity contribution in [1.82, 2.24) is 4.98 Å². The highest BCUT2D eigenvalue weighted by Gasteiger charge is 2.27. The Kier molecular flexibility index (Phi) is 3.96. The van der Waals surface area contributed by atoms with E-state index in [0.717, 1.165) is 48.5 Å². The lowest BCUT2D eigenvalue weighted by molar-refractivity contribution is -0.0276. The maximum Gasteiger partial charge on any atom is 0.130 e. The van der Waals surface area contributed by atoms with E-state index in [1.54, 1.807) is 7.11 Å². The summed E-state index contributed by atoms with van der Waals surface area (Å²) in [6.07, 6.45) is 0.908. The van der Waals surface area contributed by atoms with Gasteiger partial charge in [-0.05, 0) is 38.5 Å². The lowest BCUT2D eigenvalue weighted by Gasteiger charge is -2.39. The molecule has 0 radical (unpaired) electrons. The second-order valence-electron chi connectivity index (χ2n) is 6.40. The predicted molar refractivity (Wildman–Crippen MR) is 89.9 cm³/mol. The van der Waals surface area contributed by atoms with Gasteiger partial charge in [-0.15, -0.1) is 0 Å². The van der Waals surface area contributed by atoms with Crippen molar-refractivity contribution in [2.75, 3.05) is 31.7 Å². The standard InChI is InChI=1S/C18H24N2O2/c1-5-13-10-17(21-4)15-11-14(6-7-16(15)19-13)20-8-9-22-18(2,3)12-20/h6-7,10-11H,5,8-9,12H2,1-4H3. The van der Waals surface area contributed by atoms with Crippen molar-refractivity contribution < 1.29 is 9.47 Å². The summed E-state index contributed by atoms with van der Waals surface area (Å²) in [6, 6.07) is 8.46. The largest absolute Gasteiger partial charge is 0.496 e. The van der Waals surface area contributed by atoms with E-state index >= 15 is 0 Å². The number of anilines is 1. The summed E-state index contributed by atoms with van der Waals surface area (Å²) in [7, 11) is 1.72. The molecular formula is C18H24N2O2. The fourth-order valence-corrected chi connectivity index (χ4v) is 3.02. The summed E-state index contributed by atoms with van der Waals surface area (Å²) in [5.41, 5.74) is 3.15. The first kappa shape index (κ1) is 15.1. The molecular weight excluding hydrogens is 276 g/mol. The van der Waals surface area contributed by atoms with Crippen LogP contribution < -0.4 is 9.64 Å². The van der Waals surface area contributed by atoms with Crippen LogP contribution in [0.1, 0.15) is 26.5 Å². The summed E-state index contributed by atoms with van der Waals surface area (Å²) < 4.78 is 11.4. The minimum Gasteiger partial charge on any atom is -0.496 e. The molecule has 1 aromatic carbocycles. The zero-order chi connectivity index (χ0) is 15.7. The highest BCUT2D eigenvalue weighted by atomic mass is 16.5. The number of pyridine rings is 1. The van der Waals surface area contributed by atoms with Crippen molar-refractivity contribution in [2.24, 2.45) is 0 Å². The normalized spacial score (nSPS) is 17.7. The van der Waals surface area contributed by atoms with E-state index in [9.17, 15) is 0 Å². The molecule has 1 saturated heterocycles. The van der Waals surface area contributed by atoms with Gasteiger partial charge in [0.05, 0.1) is 24.8 Å². The Morgan fingerprint density at radius 2 is 2.14 bits per heavy atom. The third-order valence-electron chi connectivity index (χ3n) is 4.18. The third kappa shape index (κ3) is 2.88. The van der Waals surface area contributed by atoms with Crippen LogP contribution in [0.15, 0.2) is 24.3 Å². The number of ether oxygens (including phenoxy) is 2. The second-order valence-corrected chi connectivity index (χ2v) is 6.40. The van der Waals surface area contributed by atoms with Crippen molar-refractivity contribution in [3.05, 3.63) is 30.0 Å². The van der Waals surface area contributed by atoms with Crippen molar-refractivity contribution in [3.63, 3.8) is 0 Å². The number of methoxy groups -OCH3 is 1. The molecule has 22 heavy (non-hydrogen) atoms. The van der Waals surface area contributed by atoms with Gasteiger partial charge in [-0.25, -0.2) is 0 Å². The zero-order valence-corrected chi connectivity index (χ0v) is 13.8. The summed E-state index contributed by atoms with van der Waals surface area (Å²) in [4.78, 5) is 7.07. The molecule has 4 nitrogen and oxygen atoms in total. The average Bonchev–Trinajstić information content (AvgIpc) is 2.52. The molecule has 0 aliphatic carbocycles. The monoisotopic (exact) mass is 300 g/mol. The molecule has 0 amide bonds. The predicted octanol–water partition coefficient (Wildman–Crippen LogP) is 3.42. The molecule has 2 aromatic rings. The van der Waals surface area contributed by atoms with Crippen molar-refractivity contribution in [2.45, 2.75) is 32.8 Å². The van der Waals surface area contributed by atoms with Gasteiger partial charge in [0.2, 0.25) is 0 Å². The van der Waals surface area contributed by atoms with Crippen molar-refractivity contribution >= 4 is 16.6 Å². The Bertz CT molecular complexity index is 682. The number of fused-ring (bicyclic) bond motifs is 1. The molecule has 1 fully saturated rings. The second kappa shape index (κ2) is 5.76. The fraction of sp³-hybridized carbons (Fsp3) is 0.500. The van der Waals surface area contributed by atoms with Crippen LogP contribution in [-0.4, -0.2) is 37.4 Å². The number of hydrogen-bond donors (Lipinski definition) is 0. The smallest absolute Gasteiger partial charge is 0.130 e. The zero-order valence-electron chi connectivity index (χ0n) is 13.8. The number of rotatable bonds is 3. The van der Waals surface area contributed by atoms with Gasteiger partial charge in [-0.2, -0.15) is 0 Å². The van der Waals surface area contributed by atoms with Crippen LogP contribution in [0.4, 0.5) is 5.69 Å². The maximum absolute atomic E-state index is 5.80. The van der Waals surface area contributed by atoms with E-state index in [1.165, 1.54) is 5.69 Å². The molecule has 0 unspecified atom stereocenters. The molecule has 1 aliphatic rings. The third-order valence-corrected chi connectivity index (χ3v) is 4.18. The highest BCUT2D eigenvalue weighted by Crippen LogP contribution is 2.31. The Balaban J connectivity index is 2.02. The van der Waals surface area contributed by atoms with Gasteiger partial charge in [-0.1, -0.05) is 6.92 Å². The summed E-state index contributed by atoms with van der Waals surface area (Å²) >= 11 is 0. The van der Waals surface area contributed by atoms with Gasteiger partial charge in [0.25, 0.3) is 0 Å². The van der Waals surface area contributed by atoms with E-state index in [1.807, 2.05) is 6.07 Å². The summed E-state index contributed by atoms with van der Waals surface area (Å²) in [5, 5.41) is 1.07. The Labute approximate surface area is 132 Å². The Morgan fingerprint density at radius 3 is 2.82 bits per heavy atom. The topological polar surface area (TPSA) is 34.6 Å². The summed E-state index contributed by atoms with van der Waals surface area (Å²) in [5.74, 6) is 0.899. The van der Waals surface area contributed by atoms with Gasteiger partial charge < -0.3 is 14.4 Å². The van der Waals surface area contributed by atoms with E-state index in [-0.39, 0.29) is 5.60 Å². The first-order valence-electron chi connectivity index (χ1n) is 7.89. The lowest BCUT2D eigenvalue weighted by Crippen LogP contribution is -2.48. The molecule has 0 atom stereocenters. The van der Waals surface area contributed by atoms with Crippen LogP contribution in [0.5, 0.6) is 5.75 Å². The minimum atomic E-state index is -0.110. The van der Waals surface area contributed by atoms with Gasteiger partial charge >= 0.3 is 0 Å². The molecule has 1 aliphatic heterocycles. The number of nitrogens with zero attached hydrogens (tertiary/aromatic N) is 2. The van der Waals surface area contributed by atoms with Crippen LogP contribution in [0, 0.1) is 0 Å². The molecule has 4 heteroatoms. The van der Waals surface area contributed by atoms with E-state index in [0.29, 0.717) is 0 Å². The Hall–Kier alpha value is -1.81. The molecule has 0 N–H and O–H groups in total. The Morgan fingerprint density at radius 1 is 1.32 bits per heavy atom. The number of morpholine rings is 1. The first-order valence-corrected chi connectivity index (χ1v) is 7.89. The fourth-order valence-electron chi connectivity index (χ4n) is 3.02. The number of hydrogen-bond acceptors (Lipinski definition) is 4. The van der Waals surface area contributed by atoms with Crippen LogP contribution in [0.3, 0.4) is 0 Å². The maximum atomic E-state index is 5.80. The number of benzene rings is 1. The van der Waals surface area contributed by atoms with Crippen LogP contribution in [0.25, 0.3) is 10.9 Å². The molecule has 0 spiro atoms. The van der Waals surface area contributed by atoms with E-state index in [2.05, 4.69) is 43.9 Å². The minimum absolute atomic E-state index is 0.110. The number of aryl methyl sites for hydroxylation is 1. The quantitative estimate of drug-likeness (QED) is 0.870. The van der Waals surface area contributed by atoms with Crippen LogP contribution in [0.2, 0.25) is 0 Å². The van der Waals surface area contributed by atoms with Gasteiger partial charge in [0.1, 0.15) is 5.75 Å². The SMILES string of the molecule is CCc1cc(OC)c2cc(N3CCOC(C)(C)C3)ccc2n1. The first-order chi connectivity index (χ1) is 10.5. The highest BCUT2D eigenvalue weighted by molar-refractivity contribution is 5.88. The molecule has 3 rings (SSSR count). The molecule has 0 bridgehead atoms. The van der Waals surface area contributed by atoms with Crippen molar-refractivity contribution in [1.29, 1.82) is 0 Å². The van der Waals surface area contributed by atoms with Gasteiger partial charge in [0.15, 0.2) is 0 Å². The molecule has 0 saturated carbocycles. The molecule has 1 aromatic heterocycles. The lowest BCUT2D eigenvalue weighted by atomic mass is 10.1.